The molecule has 1 heterocycles. The number of aromatic hydroxyl groups is 2. The third kappa shape index (κ3) is 3.95. The van der Waals surface area contributed by atoms with Gasteiger partial charge in [0.1, 0.15) is 17.6 Å². The highest BCUT2D eigenvalue weighted by molar-refractivity contribution is 5.50. The molecule has 13 heteroatoms. The lowest BCUT2D eigenvalue weighted by atomic mass is 9.87. The van der Waals surface area contributed by atoms with E-state index in [4.69, 9.17) is 24.0 Å². The third-order valence-electron chi connectivity index (χ3n) is 5.22. The van der Waals surface area contributed by atoms with E-state index >= 15 is 0 Å². The van der Waals surface area contributed by atoms with E-state index in [9.17, 15) is 30.4 Å². The van der Waals surface area contributed by atoms with Crippen molar-refractivity contribution in [1.82, 2.24) is 0 Å². The standard InChI is InChI=1S/C19H18N2O11/c1-28-18(29-11-2-4-14(20(24)25)16(22)6-11)8-13-9-19(10-18,32-31-13)30-12-3-5-15(21(26)27)17(23)7-12/h2-7,13,22-23H,8-10H2,1H3. The summed E-state index contributed by atoms with van der Waals surface area (Å²) in [6, 6.07) is 7.00. The third-order valence-corrected chi connectivity index (χ3v) is 5.22. The number of benzene rings is 2. The van der Waals surface area contributed by atoms with E-state index in [1.54, 1.807) is 0 Å². The number of ether oxygens (including phenoxy) is 3. The summed E-state index contributed by atoms with van der Waals surface area (Å²) < 4.78 is 17.4. The molecule has 2 aliphatic rings. The van der Waals surface area contributed by atoms with Gasteiger partial charge in [-0.1, -0.05) is 0 Å². The van der Waals surface area contributed by atoms with Crippen molar-refractivity contribution in [3.05, 3.63) is 56.6 Å². The first-order valence-electron chi connectivity index (χ1n) is 9.37. The number of nitrogens with zero attached hydrogens (tertiary/aromatic N) is 2. The molecule has 0 radical (unpaired) electrons. The highest BCUT2D eigenvalue weighted by Crippen LogP contribution is 2.48. The highest BCUT2D eigenvalue weighted by Gasteiger charge is 2.59. The van der Waals surface area contributed by atoms with Gasteiger partial charge < -0.3 is 24.4 Å². The summed E-state index contributed by atoms with van der Waals surface area (Å²) in [6.45, 7) is 0. The lowest BCUT2D eigenvalue weighted by Crippen LogP contribution is -2.53. The van der Waals surface area contributed by atoms with E-state index in [1.165, 1.54) is 19.2 Å². The zero-order chi connectivity index (χ0) is 23.1. The normalized spacial score (nSPS) is 26.5. The first-order chi connectivity index (χ1) is 15.1. The number of nitro groups is 2. The summed E-state index contributed by atoms with van der Waals surface area (Å²) in [6.07, 6.45) is -0.0209. The van der Waals surface area contributed by atoms with Crippen molar-refractivity contribution in [3.63, 3.8) is 0 Å². The van der Waals surface area contributed by atoms with Crippen LogP contribution in [0.25, 0.3) is 0 Å². The molecule has 170 valence electrons. The van der Waals surface area contributed by atoms with Crippen LogP contribution in [0.4, 0.5) is 11.4 Å². The van der Waals surface area contributed by atoms with Crippen molar-refractivity contribution >= 4 is 11.4 Å². The minimum absolute atomic E-state index is 0.0253. The van der Waals surface area contributed by atoms with E-state index in [0.29, 0.717) is 0 Å². The molecule has 32 heavy (non-hydrogen) atoms. The summed E-state index contributed by atoms with van der Waals surface area (Å²) in [5.74, 6) is -3.69. The molecular weight excluding hydrogens is 432 g/mol. The van der Waals surface area contributed by atoms with Gasteiger partial charge in [0.15, 0.2) is 11.5 Å². The van der Waals surface area contributed by atoms with Crippen molar-refractivity contribution in [2.24, 2.45) is 0 Å². The number of phenolic OH excluding ortho intramolecular Hbond substituents is 2. The van der Waals surface area contributed by atoms with Crippen LogP contribution in [0.5, 0.6) is 23.0 Å². The van der Waals surface area contributed by atoms with Gasteiger partial charge in [0, 0.05) is 44.2 Å². The maximum atomic E-state index is 10.9. The summed E-state index contributed by atoms with van der Waals surface area (Å²) in [5, 5.41) is 41.6. The van der Waals surface area contributed by atoms with Gasteiger partial charge in [-0.05, 0) is 12.1 Å². The van der Waals surface area contributed by atoms with E-state index < -0.39 is 50.4 Å². The molecule has 0 amide bonds. The van der Waals surface area contributed by atoms with Crippen molar-refractivity contribution < 1.29 is 44.0 Å². The minimum Gasteiger partial charge on any atom is -0.502 e. The van der Waals surface area contributed by atoms with Crippen LogP contribution in [-0.4, -0.2) is 44.8 Å². The van der Waals surface area contributed by atoms with Crippen LogP contribution in [-0.2, 0) is 14.5 Å². The predicted molar refractivity (Wildman–Crippen MR) is 103 cm³/mol. The summed E-state index contributed by atoms with van der Waals surface area (Å²) in [4.78, 5) is 31.1. The molecule has 2 aromatic carbocycles. The summed E-state index contributed by atoms with van der Waals surface area (Å²) in [7, 11) is 1.39. The number of hydrogen-bond acceptors (Lipinski definition) is 11. The molecule has 3 unspecified atom stereocenters. The fourth-order valence-electron chi connectivity index (χ4n) is 3.85. The Bertz CT molecular complexity index is 1080. The van der Waals surface area contributed by atoms with Crippen LogP contribution in [0.2, 0.25) is 0 Å². The topological polar surface area (TPSA) is 173 Å². The van der Waals surface area contributed by atoms with Gasteiger partial charge in [-0.3, -0.25) is 20.2 Å². The molecule has 0 aromatic heterocycles. The van der Waals surface area contributed by atoms with Gasteiger partial charge in [-0.25, -0.2) is 4.89 Å². The average Bonchev–Trinajstić information content (AvgIpc) is 3.02. The van der Waals surface area contributed by atoms with Crippen LogP contribution in [0.3, 0.4) is 0 Å². The largest absolute Gasteiger partial charge is 0.502 e. The van der Waals surface area contributed by atoms with E-state index in [2.05, 4.69) is 0 Å². The Morgan fingerprint density at radius 1 is 0.969 bits per heavy atom. The molecule has 4 rings (SSSR count). The molecule has 1 saturated carbocycles. The number of phenols is 2. The van der Waals surface area contributed by atoms with Gasteiger partial charge in [-0.15, -0.1) is 0 Å². The Labute approximate surface area is 179 Å². The maximum Gasteiger partial charge on any atom is 0.310 e. The first kappa shape index (κ1) is 21.5. The quantitative estimate of drug-likeness (QED) is 0.275. The fraction of sp³-hybridized carbons (Fsp3) is 0.368. The zero-order valence-corrected chi connectivity index (χ0v) is 16.6. The molecule has 3 atom stereocenters. The van der Waals surface area contributed by atoms with E-state index in [-0.39, 0.29) is 30.8 Å². The summed E-state index contributed by atoms with van der Waals surface area (Å²) >= 11 is 0. The molecule has 2 aromatic rings. The van der Waals surface area contributed by atoms with E-state index in [1.807, 2.05) is 0 Å². The molecule has 2 fully saturated rings. The predicted octanol–water partition coefficient (Wildman–Crippen LogP) is 2.93. The van der Waals surface area contributed by atoms with Crippen LogP contribution in [0.15, 0.2) is 36.4 Å². The number of hydrogen-bond donors (Lipinski definition) is 2. The Morgan fingerprint density at radius 3 is 2.03 bits per heavy atom. The van der Waals surface area contributed by atoms with Crippen molar-refractivity contribution in [1.29, 1.82) is 0 Å². The van der Waals surface area contributed by atoms with Crippen LogP contribution >= 0.6 is 0 Å². The highest BCUT2D eigenvalue weighted by atomic mass is 17.2. The van der Waals surface area contributed by atoms with Crippen LogP contribution in [0.1, 0.15) is 19.3 Å². The van der Waals surface area contributed by atoms with Gasteiger partial charge in [0.25, 0.3) is 0 Å². The smallest absolute Gasteiger partial charge is 0.310 e. The second kappa shape index (κ2) is 7.78. The van der Waals surface area contributed by atoms with Crippen LogP contribution in [0, 0.1) is 20.2 Å². The molecule has 1 aliphatic heterocycles. The maximum absolute atomic E-state index is 10.9. The average molecular weight is 450 g/mol. The number of nitro benzene ring substituents is 2. The van der Waals surface area contributed by atoms with Gasteiger partial charge in [0.2, 0.25) is 11.6 Å². The molecular formula is C19H18N2O11. The van der Waals surface area contributed by atoms with Gasteiger partial charge in [-0.2, -0.15) is 4.89 Å². The monoisotopic (exact) mass is 450 g/mol. The Morgan fingerprint density at radius 2 is 1.53 bits per heavy atom. The van der Waals surface area contributed by atoms with Crippen molar-refractivity contribution in [2.45, 2.75) is 36.9 Å². The van der Waals surface area contributed by atoms with Crippen molar-refractivity contribution in [3.8, 4) is 23.0 Å². The zero-order valence-electron chi connectivity index (χ0n) is 16.6. The molecule has 1 saturated heterocycles. The second-order valence-corrected chi connectivity index (χ2v) is 7.43. The SMILES string of the molecule is COC1(Oc2ccc([N+](=O)[O-])c(O)c2)CC2CC(Oc3ccc([N+](=O)[O-])c(O)c3)(C1)OO2. The molecule has 2 N–H and O–H groups in total. The lowest BCUT2D eigenvalue weighted by Gasteiger charge is -2.41. The Hall–Kier alpha value is -3.68. The van der Waals surface area contributed by atoms with Gasteiger partial charge >= 0.3 is 11.4 Å². The first-order valence-corrected chi connectivity index (χ1v) is 9.37. The lowest BCUT2D eigenvalue weighted by molar-refractivity contribution is -0.386. The molecule has 2 bridgehead atoms. The second-order valence-electron chi connectivity index (χ2n) is 7.43. The number of rotatable bonds is 7. The number of fused-ring (bicyclic) bond motifs is 2. The van der Waals surface area contributed by atoms with Crippen molar-refractivity contribution in [2.75, 3.05) is 7.11 Å². The van der Waals surface area contributed by atoms with Gasteiger partial charge in [0.05, 0.1) is 16.3 Å². The van der Waals surface area contributed by atoms with Crippen LogP contribution < -0.4 is 9.47 Å². The fourth-order valence-corrected chi connectivity index (χ4v) is 3.85. The Balaban J connectivity index is 1.58. The molecule has 0 spiro atoms. The van der Waals surface area contributed by atoms with E-state index in [0.717, 1.165) is 24.3 Å². The summed E-state index contributed by atoms with van der Waals surface area (Å²) in [5.41, 5.74) is -0.954. The number of methoxy groups -OCH3 is 1. The minimum atomic E-state index is -1.40. The molecule has 1 aliphatic carbocycles. The Kier molecular flexibility index (Phi) is 5.24. The molecule has 13 nitrogen and oxygen atoms in total.